The number of rotatable bonds is 7. The van der Waals surface area contributed by atoms with E-state index in [0.29, 0.717) is 5.01 Å². The van der Waals surface area contributed by atoms with Crippen LogP contribution in [-0.2, 0) is 10.0 Å². The largest absolute Gasteiger partial charge is 0.296 e. The van der Waals surface area contributed by atoms with Crippen LogP contribution >= 0.6 is 11.3 Å². The summed E-state index contributed by atoms with van der Waals surface area (Å²) in [5.41, 5.74) is 0.535. The number of amides is 1. The molecule has 3 aromatic carbocycles. The highest BCUT2D eigenvalue weighted by molar-refractivity contribution is 7.92. The second-order valence-corrected chi connectivity index (χ2v) is 9.30. The number of sulfonamides is 1. The Morgan fingerprint density at radius 3 is 2.42 bits per heavy atom. The lowest BCUT2D eigenvalue weighted by molar-refractivity contribution is -0.385. The molecule has 0 bridgehead atoms. The van der Waals surface area contributed by atoms with Crippen LogP contribution in [0, 0.1) is 10.1 Å². The Hall–Kier alpha value is -4.16. The maximum atomic E-state index is 12.9. The Balaban J connectivity index is 1.56. The van der Waals surface area contributed by atoms with Crippen molar-refractivity contribution in [2.24, 2.45) is 0 Å². The number of benzene rings is 3. The Bertz CT molecular complexity index is 1440. The van der Waals surface area contributed by atoms with Gasteiger partial charge >= 0.3 is 0 Å². The topological polar surface area (TPSA) is 144 Å². The number of nitrogens with zero attached hydrogens (tertiary/aromatic N) is 3. The summed E-state index contributed by atoms with van der Waals surface area (Å²) in [5.74, 6) is -0.594. The second-order valence-electron chi connectivity index (χ2n) is 6.64. The van der Waals surface area contributed by atoms with Crippen molar-refractivity contribution in [1.29, 1.82) is 0 Å². The quantitative estimate of drug-likeness (QED) is 0.298. The van der Waals surface area contributed by atoms with E-state index in [1.807, 2.05) is 30.3 Å². The van der Waals surface area contributed by atoms with Gasteiger partial charge in [-0.3, -0.25) is 24.9 Å². The number of nitro benzene ring substituents is 1. The van der Waals surface area contributed by atoms with Gasteiger partial charge < -0.3 is 0 Å². The smallest absolute Gasteiger partial charge is 0.270 e. The van der Waals surface area contributed by atoms with Crippen LogP contribution in [0.2, 0.25) is 0 Å². The maximum absolute atomic E-state index is 12.9. The molecule has 33 heavy (non-hydrogen) atoms. The first kappa shape index (κ1) is 22.0. The van der Waals surface area contributed by atoms with Crippen LogP contribution in [0.1, 0.15) is 10.4 Å². The summed E-state index contributed by atoms with van der Waals surface area (Å²) in [6.07, 6.45) is 0. The summed E-state index contributed by atoms with van der Waals surface area (Å²) >= 11 is 1.17. The third kappa shape index (κ3) is 5.02. The van der Waals surface area contributed by atoms with Gasteiger partial charge in [0.2, 0.25) is 5.13 Å². The number of nitrogens with one attached hydrogen (secondary N) is 2. The standard InChI is InChI=1S/C21H15N5O5S2/c27-19(22-21-24-23-20(32-21)14-7-2-1-3-8-14)17-11-4-5-12-18(17)25-33(30,31)16-10-6-9-15(13-16)26(28)29/h1-13,25H,(H,22,24,27). The van der Waals surface area contributed by atoms with Crippen molar-refractivity contribution in [1.82, 2.24) is 10.2 Å². The molecule has 10 nitrogen and oxygen atoms in total. The highest BCUT2D eigenvalue weighted by Gasteiger charge is 2.21. The molecule has 12 heteroatoms. The zero-order valence-electron chi connectivity index (χ0n) is 16.7. The monoisotopic (exact) mass is 481 g/mol. The van der Waals surface area contributed by atoms with E-state index in [-0.39, 0.29) is 27.0 Å². The molecule has 0 radical (unpaired) electrons. The first-order chi connectivity index (χ1) is 15.8. The van der Waals surface area contributed by atoms with Crippen LogP contribution in [0.5, 0.6) is 0 Å². The molecule has 0 unspecified atom stereocenters. The van der Waals surface area contributed by atoms with Crippen molar-refractivity contribution >= 4 is 43.8 Å². The van der Waals surface area contributed by atoms with Gasteiger partial charge in [0.25, 0.3) is 21.6 Å². The van der Waals surface area contributed by atoms with Crippen molar-refractivity contribution in [2.75, 3.05) is 10.0 Å². The number of anilines is 2. The summed E-state index contributed by atoms with van der Waals surface area (Å²) in [5, 5.41) is 22.5. The number of non-ortho nitro benzene ring substituents is 1. The van der Waals surface area contributed by atoms with Crippen LogP contribution in [0.25, 0.3) is 10.6 Å². The van der Waals surface area contributed by atoms with Gasteiger partial charge in [0.15, 0.2) is 0 Å². The Morgan fingerprint density at radius 2 is 1.67 bits per heavy atom. The molecule has 0 aliphatic carbocycles. The predicted molar refractivity (Wildman–Crippen MR) is 124 cm³/mol. The van der Waals surface area contributed by atoms with Crippen molar-refractivity contribution in [3.05, 3.63) is 94.5 Å². The normalized spacial score (nSPS) is 11.0. The highest BCUT2D eigenvalue weighted by Crippen LogP contribution is 2.27. The molecular weight excluding hydrogens is 466 g/mol. The minimum atomic E-state index is -4.19. The van der Waals surface area contributed by atoms with Gasteiger partial charge in [-0.25, -0.2) is 8.42 Å². The fourth-order valence-corrected chi connectivity index (χ4v) is 4.74. The van der Waals surface area contributed by atoms with Gasteiger partial charge in [0.1, 0.15) is 5.01 Å². The number of para-hydroxylation sites is 1. The minimum absolute atomic E-state index is 0.00862. The molecule has 1 heterocycles. The third-order valence-electron chi connectivity index (χ3n) is 4.42. The Morgan fingerprint density at radius 1 is 0.939 bits per heavy atom. The molecule has 166 valence electrons. The molecule has 4 aromatic rings. The lowest BCUT2D eigenvalue weighted by Crippen LogP contribution is -2.18. The first-order valence-corrected chi connectivity index (χ1v) is 11.7. The number of hydrogen-bond acceptors (Lipinski definition) is 8. The molecule has 0 aliphatic heterocycles. The van der Waals surface area contributed by atoms with E-state index in [1.54, 1.807) is 12.1 Å². The van der Waals surface area contributed by atoms with E-state index in [0.717, 1.165) is 11.6 Å². The molecule has 1 aromatic heterocycles. The van der Waals surface area contributed by atoms with Gasteiger partial charge in [0, 0.05) is 17.7 Å². The number of carbonyl (C=O) groups excluding carboxylic acids is 1. The fourth-order valence-electron chi connectivity index (χ4n) is 2.87. The summed E-state index contributed by atoms with van der Waals surface area (Å²) in [6.45, 7) is 0. The molecule has 1 amide bonds. The third-order valence-corrected chi connectivity index (χ3v) is 6.67. The van der Waals surface area contributed by atoms with Crippen LogP contribution in [-0.4, -0.2) is 29.4 Å². The number of carbonyl (C=O) groups is 1. The average molecular weight is 482 g/mol. The van der Waals surface area contributed by atoms with Crippen LogP contribution in [0.4, 0.5) is 16.5 Å². The Kier molecular flexibility index (Phi) is 6.11. The molecule has 0 fully saturated rings. The van der Waals surface area contributed by atoms with E-state index in [9.17, 15) is 23.3 Å². The molecule has 0 saturated heterocycles. The Labute approximate surface area is 192 Å². The van der Waals surface area contributed by atoms with Crippen molar-refractivity contribution in [2.45, 2.75) is 4.90 Å². The summed E-state index contributed by atoms with van der Waals surface area (Å²) in [4.78, 5) is 22.8. The van der Waals surface area contributed by atoms with Gasteiger partial charge in [0.05, 0.1) is 21.1 Å². The average Bonchev–Trinajstić information content (AvgIpc) is 3.28. The van der Waals surface area contributed by atoms with Gasteiger partial charge in [-0.1, -0.05) is 59.9 Å². The molecule has 4 rings (SSSR count). The van der Waals surface area contributed by atoms with Gasteiger partial charge in [-0.05, 0) is 18.2 Å². The first-order valence-electron chi connectivity index (χ1n) is 9.40. The summed E-state index contributed by atoms with van der Waals surface area (Å²) in [6, 6.07) is 19.9. The lowest BCUT2D eigenvalue weighted by atomic mass is 10.2. The second kappa shape index (κ2) is 9.14. The summed E-state index contributed by atoms with van der Waals surface area (Å²) in [7, 11) is -4.19. The van der Waals surface area contributed by atoms with Crippen LogP contribution in [0.15, 0.2) is 83.8 Å². The van der Waals surface area contributed by atoms with E-state index in [4.69, 9.17) is 0 Å². The van der Waals surface area contributed by atoms with E-state index < -0.39 is 20.9 Å². The molecule has 0 saturated carbocycles. The van der Waals surface area contributed by atoms with Gasteiger partial charge in [-0.2, -0.15) is 0 Å². The minimum Gasteiger partial charge on any atom is -0.296 e. The van der Waals surface area contributed by atoms with E-state index in [1.165, 1.54) is 41.7 Å². The highest BCUT2D eigenvalue weighted by atomic mass is 32.2. The van der Waals surface area contributed by atoms with E-state index >= 15 is 0 Å². The van der Waals surface area contributed by atoms with E-state index in [2.05, 4.69) is 20.2 Å². The fraction of sp³-hybridized carbons (Fsp3) is 0. The zero-order chi connectivity index (χ0) is 23.4. The molecular formula is C21H15N5O5S2. The van der Waals surface area contributed by atoms with Crippen molar-refractivity contribution < 1.29 is 18.1 Å². The lowest BCUT2D eigenvalue weighted by Gasteiger charge is -2.12. The number of nitro groups is 1. The maximum Gasteiger partial charge on any atom is 0.270 e. The van der Waals surface area contributed by atoms with Gasteiger partial charge in [-0.15, -0.1) is 10.2 Å². The summed E-state index contributed by atoms with van der Waals surface area (Å²) < 4.78 is 27.9. The number of hydrogen-bond donors (Lipinski definition) is 2. The van der Waals surface area contributed by atoms with Crippen LogP contribution < -0.4 is 10.0 Å². The molecule has 2 N–H and O–H groups in total. The molecule has 0 atom stereocenters. The zero-order valence-corrected chi connectivity index (χ0v) is 18.3. The number of aromatic nitrogens is 2. The van der Waals surface area contributed by atoms with Crippen molar-refractivity contribution in [3.63, 3.8) is 0 Å². The SMILES string of the molecule is O=C(Nc1nnc(-c2ccccc2)s1)c1ccccc1NS(=O)(=O)c1cccc([N+](=O)[O-])c1. The predicted octanol–water partition coefficient (Wildman–Crippen LogP) is 4.17. The van der Waals surface area contributed by atoms with Crippen LogP contribution in [0.3, 0.4) is 0 Å². The molecule has 0 aliphatic rings. The molecule has 0 spiro atoms. The van der Waals surface area contributed by atoms with Crippen molar-refractivity contribution in [3.8, 4) is 10.6 Å².